The highest BCUT2D eigenvalue weighted by molar-refractivity contribution is 6.46. The summed E-state index contributed by atoms with van der Waals surface area (Å²) in [6.07, 6.45) is 1.13. The summed E-state index contributed by atoms with van der Waals surface area (Å²) in [7, 11) is 0. The van der Waals surface area contributed by atoms with E-state index in [2.05, 4.69) is 0 Å². The van der Waals surface area contributed by atoms with Gasteiger partial charge in [-0.2, -0.15) is 0 Å². The average molecular weight is 334 g/mol. The van der Waals surface area contributed by atoms with Crippen LogP contribution in [0.1, 0.15) is 5.56 Å². The number of benzene rings is 2. The minimum atomic E-state index is 0.306. The van der Waals surface area contributed by atoms with Crippen molar-refractivity contribution in [1.82, 2.24) is 0 Å². The zero-order valence-corrected chi connectivity index (χ0v) is 12.6. The Labute approximate surface area is 131 Å². The molecule has 0 aliphatic carbocycles. The van der Waals surface area contributed by atoms with Crippen molar-refractivity contribution in [3.05, 3.63) is 56.0 Å². The van der Waals surface area contributed by atoms with E-state index >= 15 is 0 Å². The van der Waals surface area contributed by atoms with Crippen LogP contribution < -0.4 is 0 Å². The normalized spacial score (nSPS) is 10.5. The first-order chi connectivity index (χ1) is 9.04. The van der Waals surface area contributed by atoms with Crippen LogP contribution in [0.3, 0.4) is 0 Å². The van der Waals surface area contributed by atoms with E-state index in [1.165, 1.54) is 0 Å². The summed E-state index contributed by atoms with van der Waals surface area (Å²) in [5.74, 6) is 0. The monoisotopic (exact) mass is 332 g/mol. The second kappa shape index (κ2) is 6.15. The molecule has 0 aliphatic rings. The zero-order chi connectivity index (χ0) is 14.0. The maximum atomic E-state index is 10.6. The molecule has 0 heterocycles. The van der Waals surface area contributed by atoms with Gasteiger partial charge in [0, 0.05) is 22.6 Å². The van der Waals surface area contributed by atoms with Crippen molar-refractivity contribution in [3.8, 4) is 11.1 Å². The van der Waals surface area contributed by atoms with Crippen molar-refractivity contribution in [2.75, 3.05) is 0 Å². The van der Waals surface area contributed by atoms with Gasteiger partial charge in [-0.3, -0.25) is 0 Å². The van der Waals surface area contributed by atoms with Gasteiger partial charge < -0.3 is 4.79 Å². The summed E-state index contributed by atoms with van der Waals surface area (Å²) in [4.78, 5) is 10.6. The first-order valence-corrected chi connectivity index (χ1v) is 6.91. The minimum Gasteiger partial charge on any atom is -0.303 e. The van der Waals surface area contributed by atoms with Crippen molar-refractivity contribution in [2.24, 2.45) is 0 Å². The Morgan fingerprint density at radius 1 is 0.895 bits per heavy atom. The van der Waals surface area contributed by atoms with E-state index in [1.807, 2.05) is 0 Å². The van der Waals surface area contributed by atoms with E-state index in [-0.39, 0.29) is 0 Å². The molecule has 2 aromatic carbocycles. The molecule has 19 heavy (non-hydrogen) atoms. The number of rotatable bonds is 3. The second-order valence-electron chi connectivity index (χ2n) is 3.90. The quantitative estimate of drug-likeness (QED) is 0.519. The summed E-state index contributed by atoms with van der Waals surface area (Å²) in [5, 5.41) is 1.71. The van der Waals surface area contributed by atoms with Crippen molar-refractivity contribution < 1.29 is 4.79 Å². The number of carbonyl (C=O) groups is 1. The molecule has 0 unspecified atom stereocenters. The van der Waals surface area contributed by atoms with Gasteiger partial charge in [0.25, 0.3) is 0 Å². The van der Waals surface area contributed by atoms with Gasteiger partial charge >= 0.3 is 0 Å². The van der Waals surface area contributed by atoms with Gasteiger partial charge in [-0.15, -0.1) is 0 Å². The third kappa shape index (κ3) is 3.06. The van der Waals surface area contributed by atoms with Gasteiger partial charge in [0.1, 0.15) is 6.29 Å². The average Bonchev–Trinajstić information content (AvgIpc) is 2.38. The lowest BCUT2D eigenvalue weighted by atomic mass is 10.0. The third-order valence-electron chi connectivity index (χ3n) is 2.66. The third-order valence-corrected chi connectivity index (χ3v) is 4.11. The number of hydrogen-bond acceptors (Lipinski definition) is 1. The Bertz CT molecular complexity index is 638. The molecule has 0 aliphatic heterocycles. The Morgan fingerprint density at radius 3 is 2.21 bits per heavy atom. The predicted octanol–water partition coefficient (Wildman–Crippen LogP) is 5.71. The molecule has 0 atom stereocenters. The Morgan fingerprint density at radius 2 is 1.53 bits per heavy atom. The van der Waals surface area contributed by atoms with Gasteiger partial charge in [0.15, 0.2) is 0 Å². The van der Waals surface area contributed by atoms with Gasteiger partial charge in [-0.25, -0.2) is 0 Å². The van der Waals surface area contributed by atoms with E-state index in [0.29, 0.717) is 37.6 Å². The summed E-state index contributed by atoms with van der Waals surface area (Å²) in [6, 6.07) is 8.57. The first-order valence-electron chi connectivity index (χ1n) is 5.40. The predicted molar refractivity (Wildman–Crippen MR) is 81.7 cm³/mol. The van der Waals surface area contributed by atoms with E-state index in [1.54, 1.807) is 30.3 Å². The van der Waals surface area contributed by atoms with Crippen LogP contribution in [0.5, 0.6) is 0 Å². The first kappa shape index (κ1) is 14.7. The lowest BCUT2D eigenvalue weighted by Gasteiger charge is -2.11. The van der Waals surface area contributed by atoms with Crippen LogP contribution in [0.2, 0.25) is 20.1 Å². The number of hydrogen-bond donors (Lipinski definition) is 0. The molecule has 0 saturated heterocycles. The van der Waals surface area contributed by atoms with E-state index < -0.39 is 0 Å². The van der Waals surface area contributed by atoms with E-state index in [4.69, 9.17) is 46.4 Å². The van der Waals surface area contributed by atoms with Gasteiger partial charge in [0.05, 0.1) is 15.1 Å². The standard InChI is InChI=1S/C14H8Cl4O/c15-10-2-1-8(5-6-19)7-9(10)13-11(16)3-4-12(17)14(13)18/h1-4,6-7H,5H2. The topological polar surface area (TPSA) is 17.1 Å². The van der Waals surface area contributed by atoms with Crippen LogP contribution in [0.25, 0.3) is 11.1 Å². The summed E-state index contributed by atoms with van der Waals surface area (Å²) >= 11 is 24.5. The van der Waals surface area contributed by atoms with Crippen molar-refractivity contribution >= 4 is 52.7 Å². The molecule has 0 aromatic heterocycles. The number of carbonyl (C=O) groups excluding carboxylic acids is 1. The van der Waals surface area contributed by atoms with E-state index in [0.717, 1.165) is 11.8 Å². The maximum absolute atomic E-state index is 10.6. The molecule has 98 valence electrons. The van der Waals surface area contributed by atoms with Crippen LogP contribution in [0.15, 0.2) is 30.3 Å². The molecule has 0 amide bonds. The van der Waals surface area contributed by atoms with Crippen LogP contribution in [-0.2, 0) is 11.2 Å². The molecule has 0 spiro atoms. The van der Waals surface area contributed by atoms with Crippen molar-refractivity contribution in [1.29, 1.82) is 0 Å². The molecule has 5 heteroatoms. The fourth-order valence-electron chi connectivity index (χ4n) is 1.76. The second-order valence-corrected chi connectivity index (χ2v) is 5.50. The Hall–Kier alpha value is -0.730. The van der Waals surface area contributed by atoms with E-state index in [9.17, 15) is 4.79 Å². The Balaban J connectivity index is 2.67. The highest BCUT2D eigenvalue weighted by Gasteiger charge is 2.15. The van der Waals surface area contributed by atoms with Gasteiger partial charge in [0.2, 0.25) is 0 Å². The fraction of sp³-hybridized carbons (Fsp3) is 0.0714. The number of halogens is 4. The van der Waals surface area contributed by atoms with Crippen LogP contribution in [0.4, 0.5) is 0 Å². The highest BCUT2D eigenvalue weighted by Crippen LogP contribution is 2.42. The SMILES string of the molecule is O=CCc1ccc(Cl)c(-c2c(Cl)ccc(Cl)c2Cl)c1. The summed E-state index contributed by atoms with van der Waals surface area (Å²) < 4.78 is 0. The molecule has 2 aromatic rings. The molecule has 0 bridgehead atoms. The van der Waals surface area contributed by atoms with Crippen molar-refractivity contribution in [3.63, 3.8) is 0 Å². The molecule has 1 nitrogen and oxygen atoms in total. The minimum absolute atomic E-state index is 0.306. The summed E-state index contributed by atoms with van der Waals surface area (Å²) in [6.45, 7) is 0. The molecule has 0 fully saturated rings. The zero-order valence-electron chi connectivity index (χ0n) is 9.59. The fourth-order valence-corrected chi connectivity index (χ4v) is 2.70. The lowest BCUT2D eigenvalue weighted by molar-refractivity contribution is -0.107. The molecular weight excluding hydrogens is 326 g/mol. The molecule has 2 rings (SSSR count). The van der Waals surface area contributed by atoms with Crippen LogP contribution in [0, 0.1) is 0 Å². The van der Waals surface area contributed by atoms with Crippen molar-refractivity contribution in [2.45, 2.75) is 6.42 Å². The summed E-state index contributed by atoms with van der Waals surface area (Å²) in [5.41, 5.74) is 2.08. The largest absolute Gasteiger partial charge is 0.303 e. The van der Waals surface area contributed by atoms with Gasteiger partial charge in [-0.1, -0.05) is 52.5 Å². The Kier molecular flexibility index (Phi) is 4.75. The van der Waals surface area contributed by atoms with Gasteiger partial charge in [-0.05, 0) is 29.8 Å². The smallest absolute Gasteiger partial charge is 0.124 e. The molecule has 0 radical (unpaired) electrons. The lowest BCUT2D eigenvalue weighted by Crippen LogP contribution is -1.90. The molecular formula is C14H8Cl4O. The molecule has 0 N–H and O–H groups in total. The molecule has 0 saturated carbocycles. The van der Waals surface area contributed by atoms with Crippen LogP contribution >= 0.6 is 46.4 Å². The van der Waals surface area contributed by atoms with Crippen LogP contribution in [-0.4, -0.2) is 6.29 Å². The maximum Gasteiger partial charge on any atom is 0.124 e. The number of aldehydes is 1. The highest BCUT2D eigenvalue weighted by atomic mass is 35.5.